The van der Waals surface area contributed by atoms with Gasteiger partial charge in [-0.1, -0.05) is 13.3 Å². The lowest BCUT2D eigenvalue weighted by Crippen LogP contribution is -2.31. The number of nitrogens with two attached hydrogens (primary N) is 1. The molecule has 1 unspecified atom stereocenters. The van der Waals surface area contributed by atoms with Crippen LogP contribution in [0, 0.1) is 5.92 Å². The molecule has 3 N–H and O–H groups in total. The van der Waals surface area contributed by atoms with Crippen LogP contribution in [0.2, 0.25) is 0 Å². The van der Waals surface area contributed by atoms with Crippen LogP contribution in [-0.2, 0) is 16.0 Å². The van der Waals surface area contributed by atoms with Crippen molar-refractivity contribution < 1.29 is 14.3 Å². The highest BCUT2D eigenvalue weighted by atomic mass is 16.5. The van der Waals surface area contributed by atoms with Crippen LogP contribution in [0.4, 0.5) is 5.69 Å². The maximum atomic E-state index is 12.4. The summed E-state index contributed by atoms with van der Waals surface area (Å²) in [6, 6.07) is 0. The number of methoxy groups -OCH3 is 1. The number of likely N-dealkylation sites (tertiary alicyclic amines) is 1. The quantitative estimate of drug-likeness (QED) is 0.786. The average molecular weight is 280 g/mol. The molecule has 2 heterocycles. The zero-order chi connectivity index (χ0) is 14.7. The number of aryl methyl sites for hydroxylation is 1. The molecule has 0 aliphatic carbocycles. The number of aromatic nitrogens is 2. The van der Waals surface area contributed by atoms with Crippen LogP contribution in [0.15, 0.2) is 0 Å². The number of carbonyl (C=O) groups excluding carboxylic acids is 2. The summed E-state index contributed by atoms with van der Waals surface area (Å²) < 4.78 is 4.70. The molecule has 1 aromatic heterocycles. The summed E-state index contributed by atoms with van der Waals surface area (Å²) in [5.74, 6) is -0.756. The highest BCUT2D eigenvalue weighted by Gasteiger charge is 2.33. The largest absolute Gasteiger partial charge is 0.469 e. The molecule has 0 saturated carbocycles. The summed E-state index contributed by atoms with van der Waals surface area (Å²) in [5.41, 5.74) is 7.40. The summed E-state index contributed by atoms with van der Waals surface area (Å²) in [6.45, 7) is 2.91. The molecule has 1 atom stereocenters. The zero-order valence-corrected chi connectivity index (χ0v) is 11.8. The molecule has 1 aromatic rings. The minimum Gasteiger partial charge on any atom is -0.469 e. The second-order valence-corrected chi connectivity index (χ2v) is 4.97. The molecule has 0 spiro atoms. The number of anilines is 1. The Balaban J connectivity index is 2.07. The molecule has 1 aliphatic heterocycles. The summed E-state index contributed by atoms with van der Waals surface area (Å²) in [6.07, 6.45) is 2.30. The Morgan fingerprint density at radius 3 is 2.95 bits per heavy atom. The van der Waals surface area contributed by atoms with E-state index in [1.165, 1.54) is 7.11 Å². The lowest BCUT2D eigenvalue weighted by Gasteiger charge is -2.14. The van der Waals surface area contributed by atoms with Gasteiger partial charge < -0.3 is 15.4 Å². The Hall–Kier alpha value is -2.05. The molecule has 7 nitrogen and oxygen atoms in total. The van der Waals surface area contributed by atoms with Crippen molar-refractivity contribution in [3.05, 3.63) is 11.4 Å². The molecule has 1 amide bonds. The van der Waals surface area contributed by atoms with Crippen LogP contribution in [0.5, 0.6) is 0 Å². The first-order chi connectivity index (χ1) is 9.58. The molecule has 7 heteroatoms. The molecule has 0 bridgehead atoms. The minimum atomic E-state index is -0.276. The first-order valence-electron chi connectivity index (χ1n) is 6.78. The van der Waals surface area contributed by atoms with Crippen molar-refractivity contribution in [2.24, 2.45) is 5.92 Å². The van der Waals surface area contributed by atoms with Crippen LogP contribution in [0.1, 0.15) is 35.9 Å². The fourth-order valence-corrected chi connectivity index (χ4v) is 2.44. The Morgan fingerprint density at radius 1 is 1.55 bits per heavy atom. The third-order valence-electron chi connectivity index (χ3n) is 3.60. The Labute approximate surface area is 117 Å². The van der Waals surface area contributed by atoms with E-state index in [-0.39, 0.29) is 23.5 Å². The Kier molecular flexibility index (Phi) is 4.26. The van der Waals surface area contributed by atoms with E-state index in [0.29, 0.717) is 25.2 Å². The number of nitrogens with zero attached hydrogens (tertiary/aromatic N) is 2. The van der Waals surface area contributed by atoms with Crippen LogP contribution in [0.3, 0.4) is 0 Å². The van der Waals surface area contributed by atoms with Gasteiger partial charge in [-0.2, -0.15) is 5.10 Å². The first kappa shape index (κ1) is 14.4. The van der Waals surface area contributed by atoms with Crippen molar-refractivity contribution in [3.8, 4) is 0 Å². The van der Waals surface area contributed by atoms with Gasteiger partial charge in [0.1, 0.15) is 0 Å². The predicted molar refractivity (Wildman–Crippen MR) is 73.0 cm³/mol. The van der Waals surface area contributed by atoms with Crippen LogP contribution >= 0.6 is 0 Å². The van der Waals surface area contributed by atoms with Gasteiger partial charge in [-0.3, -0.25) is 14.7 Å². The highest BCUT2D eigenvalue weighted by molar-refractivity contribution is 5.98. The first-order valence-corrected chi connectivity index (χ1v) is 6.78. The molecular weight excluding hydrogens is 260 g/mol. The van der Waals surface area contributed by atoms with E-state index in [1.54, 1.807) is 4.90 Å². The highest BCUT2D eigenvalue weighted by Crippen LogP contribution is 2.23. The van der Waals surface area contributed by atoms with Crippen LogP contribution in [-0.4, -0.2) is 47.2 Å². The lowest BCUT2D eigenvalue weighted by molar-refractivity contribution is -0.144. The van der Waals surface area contributed by atoms with Gasteiger partial charge in [0.05, 0.1) is 24.4 Å². The van der Waals surface area contributed by atoms with E-state index >= 15 is 0 Å². The molecule has 1 saturated heterocycles. The van der Waals surface area contributed by atoms with Gasteiger partial charge in [-0.25, -0.2) is 0 Å². The van der Waals surface area contributed by atoms with Gasteiger partial charge in [-0.15, -0.1) is 0 Å². The number of nitrogen functional groups attached to an aromatic ring is 1. The van der Waals surface area contributed by atoms with E-state index in [2.05, 4.69) is 10.2 Å². The van der Waals surface area contributed by atoms with Crippen molar-refractivity contribution in [3.63, 3.8) is 0 Å². The standard InChI is InChI=1S/C13H20N4O3/c1-3-4-9-10(14)11(16-15-9)12(18)17-6-5-8(7-17)13(19)20-2/h8H,3-7,14H2,1-2H3,(H,15,16). The third-order valence-corrected chi connectivity index (χ3v) is 3.60. The number of H-pyrrole nitrogens is 1. The Bertz CT molecular complexity index is 512. The molecule has 1 aliphatic rings. The van der Waals surface area contributed by atoms with Gasteiger partial charge in [0.15, 0.2) is 5.69 Å². The van der Waals surface area contributed by atoms with Gasteiger partial charge in [0.2, 0.25) is 0 Å². The van der Waals surface area contributed by atoms with Crippen LogP contribution in [0.25, 0.3) is 0 Å². The number of nitrogens with one attached hydrogen (secondary N) is 1. The monoisotopic (exact) mass is 280 g/mol. The molecule has 20 heavy (non-hydrogen) atoms. The third kappa shape index (κ3) is 2.61. The number of esters is 1. The molecule has 2 rings (SSSR count). The summed E-state index contributed by atoms with van der Waals surface area (Å²) in [4.78, 5) is 25.4. The average Bonchev–Trinajstić information content (AvgIpc) is 3.06. The van der Waals surface area contributed by atoms with E-state index in [9.17, 15) is 9.59 Å². The van der Waals surface area contributed by atoms with Crippen molar-refractivity contribution in [2.75, 3.05) is 25.9 Å². The number of hydrogen-bond donors (Lipinski definition) is 2. The number of amides is 1. The van der Waals surface area contributed by atoms with Crippen LogP contribution < -0.4 is 5.73 Å². The smallest absolute Gasteiger partial charge is 0.310 e. The van der Waals surface area contributed by atoms with E-state index in [0.717, 1.165) is 18.5 Å². The summed E-state index contributed by atoms with van der Waals surface area (Å²) in [7, 11) is 1.36. The second kappa shape index (κ2) is 5.94. The predicted octanol–water partition coefficient (Wildman–Crippen LogP) is 0.580. The van der Waals surface area contributed by atoms with E-state index in [1.807, 2.05) is 6.92 Å². The minimum absolute atomic E-state index is 0.229. The maximum absolute atomic E-state index is 12.4. The van der Waals surface area contributed by atoms with Gasteiger partial charge >= 0.3 is 5.97 Å². The maximum Gasteiger partial charge on any atom is 0.310 e. The number of rotatable bonds is 4. The molecule has 0 aromatic carbocycles. The van der Waals surface area contributed by atoms with Gasteiger partial charge in [-0.05, 0) is 12.8 Å². The van der Waals surface area contributed by atoms with Crippen molar-refractivity contribution in [1.82, 2.24) is 15.1 Å². The number of aromatic amines is 1. The van der Waals surface area contributed by atoms with Crippen molar-refractivity contribution in [1.29, 1.82) is 0 Å². The molecule has 110 valence electrons. The topological polar surface area (TPSA) is 101 Å². The van der Waals surface area contributed by atoms with E-state index in [4.69, 9.17) is 10.5 Å². The summed E-state index contributed by atoms with van der Waals surface area (Å²) in [5, 5.41) is 6.82. The van der Waals surface area contributed by atoms with Crippen molar-refractivity contribution >= 4 is 17.6 Å². The SMILES string of the molecule is CCCc1[nH]nc(C(=O)N2CCC(C(=O)OC)C2)c1N. The molecule has 1 fully saturated rings. The number of carbonyl (C=O) groups is 2. The van der Waals surface area contributed by atoms with Gasteiger partial charge in [0.25, 0.3) is 5.91 Å². The fraction of sp³-hybridized carbons (Fsp3) is 0.615. The van der Waals surface area contributed by atoms with Crippen molar-refractivity contribution in [2.45, 2.75) is 26.2 Å². The fourth-order valence-electron chi connectivity index (χ4n) is 2.44. The number of hydrogen-bond acceptors (Lipinski definition) is 5. The normalized spacial score (nSPS) is 18.3. The lowest BCUT2D eigenvalue weighted by atomic mass is 10.1. The van der Waals surface area contributed by atoms with E-state index < -0.39 is 0 Å². The van der Waals surface area contributed by atoms with Gasteiger partial charge in [0, 0.05) is 13.1 Å². The number of ether oxygens (including phenoxy) is 1. The zero-order valence-electron chi connectivity index (χ0n) is 11.8. The second-order valence-electron chi connectivity index (χ2n) is 4.97. The Morgan fingerprint density at radius 2 is 2.30 bits per heavy atom. The molecular formula is C13H20N4O3. The molecule has 0 radical (unpaired) electrons. The summed E-state index contributed by atoms with van der Waals surface area (Å²) >= 11 is 0.